The molecule has 0 aromatic heterocycles. The Morgan fingerprint density at radius 2 is 2.19 bits per heavy atom. The van der Waals surface area contributed by atoms with E-state index in [9.17, 15) is 14.5 Å². The van der Waals surface area contributed by atoms with Gasteiger partial charge in [0.2, 0.25) is 0 Å². The van der Waals surface area contributed by atoms with E-state index >= 15 is 0 Å². The molecule has 16 heavy (non-hydrogen) atoms. The molecule has 0 N–H and O–H groups in total. The zero-order chi connectivity index (χ0) is 12.3. The van der Waals surface area contributed by atoms with E-state index in [1.165, 1.54) is 12.1 Å². The van der Waals surface area contributed by atoms with Crippen molar-refractivity contribution in [2.45, 2.75) is 31.0 Å². The van der Waals surface area contributed by atoms with Crippen LogP contribution in [0.2, 0.25) is 0 Å². The number of nitro groups is 1. The maximum absolute atomic E-state index is 13.1. The molecule has 0 fully saturated rings. The zero-order valence-corrected chi connectivity index (χ0v) is 10.7. The molecule has 0 spiro atoms. The van der Waals surface area contributed by atoms with E-state index in [4.69, 9.17) is 0 Å². The lowest BCUT2D eigenvalue weighted by atomic mass is 9.95. The standard InChI is InChI=1S/C11H13BrFNO2/c1-3-10(12)7(2)9-6-8(13)4-5-11(9)14(15)16/h4-7,10H,3H2,1-2H3. The largest absolute Gasteiger partial charge is 0.273 e. The summed E-state index contributed by atoms with van der Waals surface area (Å²) in [6, 6.07) is 3.58. The van der Waals surface area contributed by atoms with Gasteiger partial charge in [-0.3, -0.25) is 10.1 Å². The molecule has 0 bridgehead atoms. The van der Waals surface area contributed by atoms with Crippen LogP contribution in [0.15, 0.2) is 18.2 Å². The van der Waals surface area contributed by atoms with Gasteiger partial charge in [-0.15, -0.1) is 0 Å². The van der Waals surface area contributed by atoms with Crippen LogP contribution in [0.5, 0.6) is 0 Å². The first-order valence-corrected chi connectivity index (χ1v) is 5.96. The van der Waals surface area contributed by atoms with Crippen LogP contribution in [0.25, 0.3) is 0 Å². The predicted octanol–water partition coefficient (Wildman–Crippen LogP) is 4.01. The lowest BCUT2D eigenvalue weighted by Crippen LogP contribution is -2.10. The minimum Gasteiger partial charge on any atom is -0.258 e. The molecule has 0 heterocycles. The van der Waals surface area contributed by atoms with Crippen molar-refractivity contribution in [3.63, 3.8) is 0 Å². The molecular weight excluding hydrogens is 277 g/mol. The highest BCUT2D eigenvalue weighted by atomic mass is 79.9. The van der Waals surface area contributed by atoms with E-state index in [-0.39, 0.29) is 16.4 Å². The van der Waals surface area contributed by atoms with Crippen LogP contribution >= 0.6 is 15.9 Å². The van der Waals surface area contributed by atoms with E-state index in [1.807, 2.05) is 13.8 Å². The van der Waals surface area contributed by atoms with Crippen LogP contribution in [0, 0.1) is 15.9 Å². The molecule has 0 saturated heterocycles. The average molecular weight is 290 g/mol. The van der Waals surface area contributed by atoms with Crippen molar-refractivity contribution >= 4 is 21.6 Å². The van der Waals surface area contributed by atoms with Gasteiger partial charge in [-0.2, -0.15) is 0 Å². The minimum atomic E-state index is -0.472. The van der Waals surface area contributed by atoms with Gasteiger partial charge in [-0.1, -0.05) is 29.8 Å². The number of rotatable bonds is 4. The van der Waals surface area contributed by atoms with Gasteiger partial charge < -0.3 is 0 Å². The normalized spacial score (nSPS) is 14.5. The Kier molecular flexibility index (Phi) is 4.41. The molecule has 0 radical (unpaired) electrons. The summed E-state index contributed by atoms with van der Waals surface area (Å²) in [7, 11) is 0. The number of hydrogen-bond acceptors (Lipinski definition) is 2. The van der Waals surface area contributed by atoms with Gasteiger partial charge >= 0.3 is 0 Å². The van der Waals surface area contributed by atoms with Gasteiger partial charge in [0.15, 0.2) is 0 Å². The molecular formula is C11H13BrFNO2. The van der Waals surface area contributed by atoms with E-state index in [2.05, 4.69) is 15.9 Å². The number of nitro benzene ring substituents is 1. The van der Waals surface area contributed by atoms with Gasteiger partial charge in [0, 0.05) is 22.4 Å². The van der Waals surface area contributed by atoms with Crippen LogP contribution in [-0.4, -0.2) is 9.75 Å². The van der Waals surface area contributed by atoms with E-state index in [0.717, 1.165) is 12.5 Å². The van der Waals surface area contributed by atoms with Gasteiger partial charge in [-0.05, 0) is 18.6 Å². The Morgan fingerprint density at radius 1 is 1.56 bits per heavy atom. The molecule has 1 aromatic rings. The van der Waals surface area contributed by atoms with Crippen molar-refractivity contribution in [2.24, 2.45) is 0 Å². The SMILES string of the molecule is CCC(Br)C(C)c1cc(F)ccc1[N+](=O)[O-]. The lowest BCUT2D eigenvalue weighted by molar-refractivity contribution is -0.385. The van der Waals surface area contributed by atoms with Crippen molar-refractivity contribution in [3.05, 3.63) is 39.7 Å². The first-order valence-electron chi connectivity index (χ1n) is 5.05. The summed E-state index contributed by atoms with van der Waals surface area (Å²) in [5.41, 5.74) is 0.417. The minimum absolute atomic E-state index is 0.0215. The molecule has 0 aliphatic carbocycles. The topological polar surface area (TPSA) is 43.1 Å². The van der Waals surface area contributed by atoms with E-state index in [1.54, 1.807) is 0 Å². The Hall–Kier alpha value is -0.970. The van der Waals surface area contributed by atoms with Gasteiger partial charge in [0.25, 0.3) is 5.69 Å². The molecule has 88 valence electrons. The average Bonchev–Trinajstić information content (AvgIpc) is 2.26. The second-order valence-electron chi connectivity index (χ2n) is 3.67. The third kappa shape index (κ3) is 2.78. The first kappa shape index (κ1) is 13.1. The van der Waals surface area contributed by atoms with Crippen LogP contribution in [0.3, 0.4) is 0 Å². The summed E-state index contributed by atoms with van der Waals surface area (Å²) >= 11 is 3.44. The summed E-state index contributed by atoms with van der Waals surface area (Å²) in [4.78, 5) is 10.4. The molecule has 0 aliphatic heterocycles. The van der Waals surface area contributed by atoms with E-state index in [0.29, 0.717) is 5.56 Å². The highest BCUT2D eigenvalue weighted by molar-refractivity contribution is 9.09. The second-order valence-corrected chi connectivity index (χ2v) is 4.85. The Balaban J connectivity index is 3.19. The molecule has 5 heteroatoms. The third-order valence-electron chi connectivity index (χ3n) is 2.61. The molecule has 0 amide bonds. The zero-order valence-electron chi connectivity index (χ0n) is 9.11. The predicted molar refractivity (Wildman–Crippen MR) is 64.5 cm³/mol. The number of alkyl halides is 1. The molecule has 3 nitrogen and oxygen atoms in total. The summed E-state index contributed by atoms with van der Waals surface area (Å²) in [6.07, 6.45) is 0.828. The van der Waals surface area contributed by atoms with Gasteiger partial charge in [0.1, 0.15) is 5.82 Å². The Morgan fingerprint density at radius 3 is 2.69 bits per heavy atom. The summed E-state index contributed by atoms with van der Waals surface area (Å²) < 4.78 is 13.1. The Labute approximate surface area is 102 Å². The molecule has 0 aliphatic rings. The van der Waals surface area contributed by atoms with Crippen molar-refractivity contribution in [1.29, 1.82) is 0 Å². The fraction of sp³-hybridized carbons (Fsp3) is 0.455. The van der Waals surface area contributed by atoms with Crippen LogP contribution in [0.4, 0.5) is 10.1 Å². The fourth-order valence-corrected chi connectivity index (χ4v) is 1.89. The fourth-order valence-electron chi connectivity index (χ4n) is 1.60. The van der Waals surface area contributed by atoms with Crippen molar-refractivity contribution in [3.8, 4) is 0 Å². The third-order valence-corrected chi connectivity index (χ3v) is 4.05. The maximum Gasteiger partial charge on any atom is 0.273 e. The van der Waals surface area contributed by atoms with Gasteiger partial charge in [0.05, 0.1) is 4.92 Å². The number of nitrogens with zero attached hydrogens (tertiary/aromatic N) is 1. The number of halogens is 2. The first-order chi connectivity index (χ1) is 7.47. The maximum atomic E-state index is 13.1. The number of hydrogen-bond donors (Lipinski definition) is 0. The van der Waals surface area contributed by atoms with Crippen molar-refractivity contribution in [2.75, 3.05) is 0 Å². The summed E-state index contributed by atoms with van der Waals surface area (Å²) in [5.74, 6) is -0.538. The molecule has 2 unspecified atom stereocenters. The lowest BCUT2D eigenvalue weighted by Gasteiger charge is -2.17. The molecule has 0 saturated carbocycles. The van der Waals surface area contributed by atoms with Crippen molar-refractivity contribution in [1.82, 2.24) is 0 Å². The van der Waals surface area contributed by atoms with Crippen LogP contribution in [0.1, 0.15) is 31.7 Å². The molecule has 1 rings (SSSR count). The highest BCUT2D eigenvalue weighted by Crippen LogP contribution is 2.33. The van der Waals surface area contributed by atoms with E-state index < -0.39 is 10.7 Å². The highest BCUT2D eigenvalue weighted by Gasteiger charge is 2.23. The summed E-state index contributed by atoms with van der Waals surface area (Å²) in [6.45, 7) is 3.83. The Bertz CT molecular complexity index is 398. The molecule has 2 atom stereocenters. The quantitative estimate of drug-likeness (QED) is 0.477. The second kappa shape index (κ2) is 5.39. The summed E-state index contributed by atoms with van der Waals surface area (Å²) in [5, 5.41) is 10.8. The van der Waals surface area contributed by atoms with Crippen molar-refractivity contribution < 1.29 is 9.31 Å². The smallest absolute Gasteiger partial charge is 0.258 e. The molecule has 1 aromatic carbocycles. The van der Waals surface area contributed by atoms with Gasteiger partial charge in [-0.25, -0.2) is 4.39 Å². The number of benzene rings is 1. The monoisotopic (exact) mass is 289 g/mol. The van der Waals surface area contributed by atoms with Crippen LogP contribution < -0.4 is 0 Å². The van der Waals surface area contributed by atoms with Crippen LogP contribution in [-0.2, 0) is 0 Å².